The lowest BCUT2D eigenvalue weighted by atomic mass is 10.1. The van der Waals surface area contributed by atoms with Crippen LogP contribution in [0, 0.1) is 0 Å². The van der Waals surface area contributed by atoms with Gasteiger partial charge in [-0.3, -0.25) is 0 Å². The molecule has 0 saturated heterocycles. The van der Waals surface area contributed by atoms with Gasteiger partial charge >= 0.3 is 0 Å². The van der Waals surface area contributed by atoms with E-state index in [2.05, 4.69) is 27.5 Å². The molecule has 21 heavy (non-hydrogen) atoms. The number of hydrogen-bond acceptors (Lipinski definition) is 5. The normalized spacial score (nSPS) is 10.4. The highest BCUT2D eigenvalue weighted by atomic mass is 16.5. The average molecular weight is 286 g/mol. The number of ether oxygens (including phenoxy) is 1. The maximum atomic E-state index is 5.05. The summed E-state index contributed by atoms with van der Waals surface area (Å²) in [6, 6.07) is 12.1. The number of nitrogens with one attached hydrogen (secondary N) is 2. The SMILES string of the molecule is CCCNc1nc(NCCOC)cc(-c2ccccc2)n1. The number of hydrogen-bond donors (Lipinski definition) is 2. The van der Waals surface area contributed by atoms with Crippen LogP contribution >= 0.6 is 0 Å². The fourth-order valence-electron chi connectivity index (χ4n) is 1.89. The van der Waals surface area contributed by atoms with Gasteiger partial charge in [-0.2, -0.15) is 4.98 Å². The second-order valence-corrected chi connectivity index (χ2v) is 4.67. The van der Waals surface area contributed by atoms with Crippen molar-refractivity contribution in [3.63, 3.8) is 0 Å². The summed E-state index contributed by atoms with van der Waals surface area (Å²) in [7, 11) is 1.69. The molecular weight excluding hydrogens is 264 g/mol. The number of anilines is 2. The van der Waals surface area contributed by atoms with Gasteiger partial charge in [0.1, 0.15) is 5.82 Å². The van der Waals surface area contributed by atoms with Crippen molar-refractivity contribution in [2.75, 3.05) is 37.4 Å². The predicted molar refractivity (Wildman–Crippen MR) is 86.6 cm³/mol. The molecule has 5 heteroatoms. The van der Waals surface area contributed by atoms with E-state index in [9.17, 15) is 0 Å². The largest absolute Gasteiger partial charge is 0.383 e. The molecule has 2 aromatic rings. The van der Waals surface area contributed by atoms with Gasteiger partial charge in [0, 0.05) is 31.8 Å². The molecule has 1 aromatic heterocycles. The predicted octanol–water partition coefficient (Wildman–Crippen LogP) is 3.02. The van der Waals surface area contributed by atoms with E-state index in [0.717, 1.165) is 36.6 Å². The van der Waals surface area contributed by atoms with E-state index >= 15 is 0 Å². The lowest BCUT2D eigenvalue weighted by Crippen LogP contribution is -2.11. The van der Waals surface area contributed by atoms with Gasteiger partial charge < -0.3 is 15.4 Å². The van der Waals surface area contributed by atoms with E-state index in [4.69, 9.17) is 4.74 Å². The third kappa shape index (κ3) is 4.72. The molecule has 2 rings (SSSR count). The summed E-state index contributed by atoms with van der Waals surface area (Å²) in [4.78, 5) is 9.06. The zero-order chi connectivity index (χ0) is 14.9. The van der Waals surface area contributed by atoms with Crippen molar-refractivity contribution in [1.29, 1.82) is 0 Å². The highest BCUT2D eigenvalue weighted by Crippen LogP contribution is 2.21. The highest BCUT2D eigenvalue weighted by molar-refractivity contribution is 5.64. The number of aromatic nitrogens is 2. The molecule has 0 amide bonds. The Kier molecular flexibility index (Phi) is 5.97. The summed E-state index contributed by atoms with van der Waals surface area (Å²) in [5.74, 6) is 1.46. The molecule has 0 atom stereocenters. The van der Waals surface area contributed by atoms with Crippen LogP contribution in [0.1, 0.15) is 13.3 Å². The average Bonchev–Trinajstić information content (AvgIpc) is 2.54. The Bertz CT molecular complexity index is 545. The van der Waals surface area contributed by atoms with Crippen molar-refractivity contribution in [2.24, 2.45) is 0 Å². The van der Waals surface area contributed by atoms with Crippen molar-refractivity contribution in [3.05, 3.63) is 36.4 Å². The Morgan fingerprint density at radius 3 is 2.57 bits per heavy atom. The Morgan fingerprint density at radius 1 is 1.05 bits per heavy atom. The quantitative estimate of drug-likeness (QED) is 0.730. The van der Waals surface area contributed by atoms with Gasteiger partial charge in [0.15, 0.2) is 0 Å². The topological polar surface area (TPSA) is 59.1 Å². The first kappa shape index (κ1) is 15.3. The Balaban J connectivity index is 2.23. The van der Waals surface area contributed by atoms with E-state index in [1.54, 1.807) is 7.11 Å². The summed E-state index contributed by atoms with van der Waals surface area (Å²) in [6.07, 6.45) is 1.03. The molecule has 0 radical (unpaired) electrons. The molecule has 112 valence electrons. The van der Waals surface area contributed by atoms with Crippen LogP contribution in [0.2, 0.25) is 0 Å². The third-order valence-corrected chi connectivity index (χ3v) is 2.94. The smallest absolute Gasteiger partial charge is 0.225 e. The first-order valence-corrected chi connectivity index (χ1v) is 7.24. The molecule has 0 aliphatic heterocycles. The number of rotatable bonds is 8. The monoisotopic (exact) mass is 286 g/mol. The van der Waals surface area contributed by atoms with Gasteiger partial charge in [0.05, 0.1) is 12.3 Å². The second-order valence-electron chi connectivity index (χ2n) is 4.67. The van der Waals surface area contributed by atoms with Crippen molar-refractivity contribution in [1.82, 2.24) is 9.97 Å². The van der Waals surface area contributed by atoms with Crippen LogP contribution in [0.4, 0.5) is 11.8 Å². The van der Waals surface area contributed by atoms with E-state index in [-0.39, 0.29) is 0 Å². The van der Waals surface area contributed by atoms with E-state index in [1.807, 2.05) is 36.4 Å². The zero-order valence-corrected chi connectivity index (χ0v) is 12.6. The fraction of sp³-hybridized carbons (Fsp3) is 0.375. The van der Waals surface area contributed by atoms with Crippen LogP contribution < -0.4 is 10.6 Å². The molecule has 1 heterocycles. The van der Waals surface area contributed by atoms with Crippen molar-refractivity contribution >= 4 is 11.8 Å². The maximum absolute atomic E-state index is 5.05. The first-order valence-electron chi connectivity index (χ1n) is 7.24. The summed E-state index contributed by atoms with van der Waals surface area (Å²) in [5, 5.41) is 6.50. The zero-order valence-electron chi connectivity index (χ0n) is 12.6. The Hall–Kier alpha value is -2.14. The van der Waals surface area contributed by atoms with Crippen LogP contribution in [0.5, 0.6) is 0 Å². The minimum absolute atomic E-state index is 0.641. The number of benzene rings is 1. The summed E-state index contributed by atoms with van der Waals surface area (Å²) in [6.45, 7) is 4.33. The highest BCUT2D eigenvalue weighted by Gasteiger charge is 2.06. The lowest BCUT2D eigenvalue weighted by molar-refractivity contribution is 0.210. The molecule has 5 nitrogen and oxygen atoms in total. The van der Waals surface area contributed by atoms with Crippen molar-refractivity contribution in [3.8, 4) is 11.3 Å². The third-order valence-electron chi connectivity index (χ3n) is 2.94. The van der Waals surface area contributed by atoms with E-state index < -0.39 is 0 Å². The molecule has 0 saturated carbocycles. The lowest BCUT2D eigenvalue weighted by Gasteiger charge is -2.11. The molecule has 0 aliphatic rings. The van der Waals surface area contributed by atoms with Crippen LogP contribution in [-0.2, 0) is 4.74 Å². The van der Waals surface area contributed by atoms with Gasteiger partial charge in [0.2, 0.25) is 5.95 Å². The Labute approximate surface area is 125 Å². The minimum Gasteiger partial charge on any atom is -0.383 e. The summed E-state index contributed by atoms with van der Waals surface area (Å²) in [5.41, 5.74) is 1.98. The van der Waals surface area contributed by atoms with Crippen LogP contribution in [0.3, 0.4) is 0 Å². The molecule has 0 unspecified atom stereocenters. The molecular formula is C16H22N4O. The van der Waals surface area contributed by atoms with Crippen LogP contribution in [-0.4, -0.2) is 36.8 Å². The molecule has 0 spiro atoms. The molecule has 0 bridgehead atoms. The standard InChI is InChI=1S/C16H22N4O/c1-3-9-18-16-19-14(13-7-5-4-6-8-13)12-15(20-16)17-10-11-21-2/h4-8,12H,3,9-11H2,1-2H3,(H2,17,18,19,20). The van der Waals surface area contributed by atoms with Gasteiger partial charge in [-0.1, -0.05) is 37.3 Å². The fourth-order valence-corrected chi connectivity index (χ4v) is 1.89. The van der Waals surface area contributed by atoms with Crippen molar-refractivity contribution < 1.29 is 4.74 Å². The molecule has 0 aliphatic carbocycles. The summed E-state index contributed by atoms with van der Waals surface area (Å²) >= 11 is 0. The first-order chi connectivity index (χ1) is 10.3. The Morgan fingerprint density at radius 2 is 1.86 bits per heavy atom. The minimum atomic E-state index is 0.641. The number of methoxy groups -OCH3 is 1. The molecule has 2 N–H and O–H groups in total. The van der Waals surface area contributed by atoms with Gasteiger partial charge in [-0.15, -0.1) is 0 Å². The van der Waals surface area contributed by atoms with Gasteiger partial charge in [-0.25, -0.2) is 4.98 Å². The molecule has 0 fully saturated rings. The van der Waals surface area contributed by atoms with Gasteiger partial charge in [-0.05, 0) is 6.42 Å². The van der Waals surface area contributed by atoms with Crippen molar-refractivity contribution in [2.45, 2.75) is 13.3 Å². The van der Waals surface area contributed by atoms with Crippen LogP contribution in [0.25, 0.3) is 11.3 Å². The van der Waals surface area contributed by atoms with E-state index in [0.29, 0.717) is 12.6 Å². The summed E-state index contributed by atoms with van der Waals surface area (Å²) < 4.78 is 5.05. The van der Waals surface area contributed by atoms with E-state index in [1.165, 1.54) is 0 Å². The number of nitrogens with zero attached hydrogens (tertiary/aromatic N) is 2. The molecule has 1 aromatic carbocycles. The van der Waals surface area contributed by atoms with Gasteiger partial charge in [0.25, 0.3) is 0 Å². The second kappa shape index (κ2) is 8.21. The maximum Gasteiger partial charge on any atom is 0.225 e. The van der Waals surface area contributed by atoms with Crippen LogP contribution in [0.15, 0.2) is 36.4 Å².